The molecule has 2 aromatic rings. The number of amides is 1. The van der Waals surface area contributed by atoms with Gasteiger partial charge in [-0.3, -0.25) is 14.5 Å². The van der Waals surface area contributed by atoms with Crippen LogP contribution in [-0.4, -0.2) is 112 Å². The molecular formula is C29H35N3O8S. The highest BCUT2D eigenvalue weighted by Gasteiger charge is 2.46. The maximum Gasteiger partial charge on any atom is 0.295 e. The van der Waals surface area contributed by atoms with E-state index < -0.39 is 27.8 Å². The van der Waals surface area contributed by atoms with E-state index in [2.05, 4.69) is 4.90 Å². The van der Waals surface area contributed by atoms with Crippen molar-refractivity contribution in [3.63, 3.8) is 0 Å². The lowest BCUT2D eigenvalue weighted by atomic mass is 9.95. The first-order valence-electron chi connectivity index (χ1n) is 13.7. The Kier molecular flexibility index (Phi) is 9.05. The van der Waals surface area contributed by atoms with Gasteiger partial charge in [0, 0.05) is 44.8 Å². The number of hydrogen-bond acceptors (Lipinski definition) is 9. The van der Waals surface area contributed by atoms with E-state index in [-0.39, 0.29) is 34.9 Å². The Morgan fingerprint density at radius 3 is 2.27 bits per heavy atom. The van der Waals surface area contributed by atoms with Gasteiger partial charge in [0.2, 0.25) is 10.0 Å². The summed E-state index contributed by atoms with van der Waals surface area (Å²) in [5, 5.41) is 11.4. The van der Waals surface area contributed by atoms with E-state index in [9.17, 15) is 23.1 Å². The van der Waals surface area contributed by atoms with Crippen LogP contribution in [0.15, 0.2) is 59.0 Å². The standard InChI is InChI=1S/C29H35N3O8S/c1-38-23-5-2-4-22(20-23)26-25(28(34)29(35)32(26)11-3-10-30-12-16-39-17-13-30)27(33)21-6-8-24(9-7-21)41(36,37)31-14-18-40-19-15-31/h2,4-9,20,26,33H,3,10-19H2,1H3/t26-/m1/s1. The molecule has 0 aromatic heterocycles. The van der Waals surface area contributed by atoms with Gasteiger partial charge in [-0.1, -0.05) is 12.1 Å². The summed E-state index contributed by atoms with van der Waals surface area (Å²) >= 11 is 0. The van der Waals surface area contributed by atoms with Crippen molar-refractivity contribution in [1.82, 2.24) is 14.1 Å². The average Bonchev–Trinajstić information content (AvgIpc) is 3.27. The van der Waals surface area contributed by atoms with Crippen LogP contribution in [0.2, 0.25) is 0 Å². The number of carbonyl (C=O) groups is 2. The summed E-state index contributed by atoms with van der Waals surface area (Å²) in [5.74, 6) is -1.28. The summed E-state index contributed by atoms with van der Waals surface area (Å²) in [6, 6.07) is 12.0. The molecule has 1 atom stereocenters. The smallest absolute Gasteiger partial charge is 0.295 e. The summed E-state index contributed by atoms with van der Waals surface area (Å²) in [4.78, 5) is 30.5. The molecule has 220 valence electrons. The molecule has 41 heavy (non-hydrogen) atoms. The third-order valence-electron chi connectivity index (χ3n) is 7.66. The number of sulfonamides is 1. The van der Waals surface area contributed by atoms with Crippen molar-refractivity contribution in [3.05, 3.63) is 65.2 Å². The molecular weight excluding hydrogens is 550 g/mol. The second-order valence-corrected chi connectivity index (χ2v) is 12.1. The molecule has 0 radical (unpaired) electrons. The van der Waals surface area contributed by atoms with Crippen LogP contribution in [0.4, 0.5) is 0 Å². The lowest BCUT2D eigenvalue weighted by Crippen LogP contribution is -2.40. The Bertz CT molecular complexity index is 1400. The Balaban J connectivity index is 1.46. The molecule has 3 fully saturated rings. The number of aliphatic hydroxyl groups is 1. The molecule has 0 bridgehead atoms. The normalized spacial score (nSPS) is 22.3. The van der Waals surface area contributed by atoms with Gasteiger partial charge in [-0.25, -0.2) is 8.42 Å². The van der Waals surface area contributed by atoms with Gasteiger partial charge in [-0.15, -0.1) is 0 Å². The van der Waals surface area contributed by atoms with Crippen molar-refractivity contribution in [2.24, 2.45) is 0 Å². The van der Waals surface area contributed by atoms with Gasteiger partial charge in [-0.05, 0) is 48.4 Å². The molecule has 2 aromatic carbocycles. The summed E-state index contributed by atoms with van der Waals surface area (Å²) in [6.07, 6.45) is 0.641. The first-order chi connectivity index (χ1) is 19.8. The molecule has 3 aliphatic heterocycles. The third-order valence-corrected chi connectivity index (χ3v) is 9.58. The quantitative estimate of drug-likeness (QED) is 0.267. The van der Waals surface area contributed by atoms with Gasteiger partial charge in [-0.2, -0.15) is 4.31 Å². The van der Waals surface area contributed by atoms with Crippen molar-refractivity contribution < 1.29 is 37.3 Å². The van der Waals surface area contributed by atoms with Gasteiger partial charge in [0.1, 0.15) is 11.5 Å². The fraction of sp³-hybridized carbons (Fsp3) is 0.448. The van der Waals surface area contributed by atoms with Gasteiger partial charge in [0.15, 0.2) is 0 Å². The van der Waals surface area contributed by atoms with Crippen LogP contribution in [0.25, 0.3) is 5.76 Å². The van der Waals surface area contributed by atoms with E-state index in [1.54, 1.807) is 24.3 Å². The SMILES string of the molecule is COc1cccc([C@@H]2C(=C(O)c3ccc(S(=O)(=O)N4CCOCC4)cc3)C(=O)C(=O)N2CCCN2CCOCC2)c1. The largest absolute Gasteiger partial charge is 0.507 e. The zero-order valence-corrected chi connectivity index (χ0v) is 23.8. The Morgan fingerprint density at radius 1 is 0.951 bits per heavy atom. The second-order valence-electron chi connectivity index (χ2n) is 10.1. The Morgan fingerprint density at radius 2 is 1.61 bits per heavy atom. The first kappa shape index (κ1) is 29.2. The fourth-order valence-electron chi connectivity index (χ4n) is 5.43. The fourth-order valence-corrected chi connectivity index (χ4v) is 6.84. The molecule has 1 N–H and O–H groups in total. The number of nitrogens with zero attached hydrogens (tertiary/aromatic N) is 3. The van der Waals surface area contributed by atoms with E-state index in [1.807, 2.05) is 0 Å². The zero-order valence-electron chi connectivity index (χ0n) is 23.0. The van der Waals surface area contributed by atoms with Crippen LogP contribution in [0.1, 0.15) is 23.6 Å². The molecule has 0 spiro atoms. The van der Waals surface area contributed by atoms with Crippen molar-refractivity contribution in [2.75, 3.05) is 72.8 Å². The van der Waals surface area contributed by atoms with Crippen molar-refractivity contribution in [2.45, 2.75) is 17.4 Å². The minimum Gasteiger partial charge on any atom is -0.507 e. The highest BCUT2D eigenvalue weighted by Crippen LogP contribution is 2.40. The molecule has 5 rings (SSSR count). The number of aliphatic hydroxyl groups excluding tert-OH is 1. The van der Waals surface area contributed by atoms with Crippen LogP contribution in [0, 0.1) is 0 Å². The van der Waals surface area contributed by atoms with Crippen LogP contribution in [0.5, 0.6) is 5.75 Å². The van der Waals surface area contributed by atoms with Gasteiger partial charge in [0.25, 0.3) is 11.7 Å². The van der Waals surface area contributed by atoms with E-state index in [0.717, 1.165) is 19.6 Å². The van der Waals surface area contributed by atoms with Gasteiger partial charge >= 0.3 is 0 Å². The van der Waals surface area contributed by atoms with E-state index in [4.69, 9.17) is 14.2 Å². The molecule has 11 nitrogen and oxygen atoms in total. The molecule has 3 aliphatic rings. The number of Topliss-reactive ketones (excluding diaryl/α,β-unsaturated/α-hetero) is 1. The summed E-state index contributed by atoms with van der Waals surface area (Å²) in [6.45, 7) is 5.21. The van der Waals surface area contributed by atoms with Gasteiger partial charge < -0.3 is 24.2 Å². The van der Waals surface area contributed by atoms with Gasteiger partial charge in [0.05, 0.1) is 50.0 Å². The summed E-state index contributed by atoms with van der Waals surface area (Å²) in [7, 11) is -2.20. The second kappa shape index (κ2) is 12.7. The maximum absolute atomic E-state index is 13.4. The molecule has 0 aliphatic carbocycles. The third kappa shape index (κ3) is 6.16. The van der Waals surface area contributed by atoms with Crippen LogP contribution in [-0.2, 0) is 29.1 Å². The molecule has 0 unspecified atom stereocenters. The predicted octanol–water partition coefficient (Wildman–Crippen LogP) is 1.86. The maximum atomic E-state index is 13.4. The number of carbonyl (C=O) groups excluding carboxylic acids is 2. The predicted molar refractivity (Wildman–Crippen MR) is 150 cm³/mol. The van der Waals surface area contributed by atoms with Crippen LogP contribution < -0.4 is 4.74 Å². The van der Waals surface area contributed by atoms with Crippen molar-refractivity contribution >= 4 is 27.5 Å². The number of benzene rings is 2. The molecule has 1 amide bonds. The Hall–Kier alpha value is -3.29. The average molecular weight is 586 g/mol. The number of rotatable bonds is 9. The number of morpholine rings is 2. The van der Waals surface area contributed by atoms with E-state index in [1.165, 1.54) is 40.6 Å². The van der Waals surface area contributed by atoms with E-state index in [0.29, 0.717) is 50.7 Å². The summed E-state index contributed by atoms with van der Waals surface area (Å²) < 4.78 is 43.5. The number of methoxy groups -OCH3 is 1. The highest BCUT2D eigenvalue weighted by atomic mass is 32.2. The first-order valence-corrected chi connectivity index (χ1v) is 15.2. The van der Waals surface area contributed by atoms with E-state index >= 15 is 0 Å². The minimum absolute atomic E-state index is 0.0431. The molecule has 3 heterocycles. The Labute approximate surface area is 239 Å². The molecule has 3 saturated heterocycles. The number of ketones is 1. The van der Waals surface area contributed by atoms with Crippen molar-refractivity contribution in [1.29, 1.82) is 0 Å². The number of hydrogen-bond donors (Lipinski definition) is 1. The number of likely N-dealkylation sites (tertiary alicyclic amines) is 1. The topological polar surface area (TPSA) is 126 Å². The lowest BCUT2D eigenvalue weighted by Gasteiger charge is -2.29. The summed E-state index contributed by atoms with van der Waals surface area (Å²) in [5.41, 5.74) is 0.826. The lowest BCUT2D eigenvalue weighted by molar-refractivity contribution is -0.140. The number of ether oxygens (including phenoxy) is 3. The zero-order chi connectivity index (χ0) is 29.0. The molecule has 12 heteroatoms. The highest BCUT2D eigenvalue weighted by molar-refractivity contribution is 7.89. The van der Waals surface area contributed by atoms with Crippen LogP contribution in [0.3, 0.4) is 0 Å². The minimum atomic E-state index is -3.73. The van der Waals surface area contributed by atoms with Crippen molar-refractivity contribution in [3.8, 4) is 5.75 Å². The van der Waals surface area contributed by atoms with Crippen LogP contribution >= 0.6 is 0 Å². The monoisotopic (exact) mass is 585 g/mol. The molecule has 0 saturated carbocycles.